The predicted octanol–water partition coefficient (Wildman–Crippen LogP) is 4.29. The van der Waals surface area contributed by atoms with Crippen molar-refractivity contribution in [3.63, 3.8) is 0 Å². The zero-order chi connectivity index (χ0) is 14.1. The lowest BCUT2D eigenvalue weighted by Gasteiger charge is -2.06. The molecule has 0 bridgehead atoms. The van der Waals surface area contributed by atoms with E-state index in [1.807, 2.05) is 41.1 Å². The Hall–Kier alpha value is -2.13. The minimum absolute atomic E-state index is 0.370. The van der Waals surface area contributed by atoms with Crippen LogP contribution in [0.3, 0.4) is 0 Å². The van der Waals surface area contributed by atoms with Crippen molar-refractivity contribution < 1.29 is 9.18 Å². The van der Waals surface area contributed by atoms with Crippen molar-refractivity contribution in [1.82, 2.24) is 4.57 Å². The molecule has 2 aromatic carbocycles. The van der Waals surface area contributed by atoms with E-state index in [2.05, 4.69) is 0 Å². The van der Waals surface area contributed by atoms with Crippen molar-refractivity contribution in [2.24, 2.45) is 0 Å². The van der Waals surface area contributed by atoms with E-state index in [0.29, 0.717) is 28.9 Å². The topological polar surface area (TPSA) is 22.0 Å². The summed E-state index contributed by atoms with van der Waals surface area (Å²) in [5.41, 5.74) is 2.14. The van der Waals surface area contributed by atoms with E-state index in [1.165, 1.54) is 12.1 Å². The molecule has 3 rings (SSSR count). The Labute approximate surface area is 120 Å². The summed E-state index contributed by atoms with van der Waals surface area (Å²) in [6, 6.07) is 12.0. The number of rotatable bonds is 3. The van der Waals surface area contributed by atoms with Gasteiger partial charge in [0.2, 0.25) is 0 Å². The number of nitrogens with zero attached hydrogens (tertiary/aromatic N) is 1. The third kappa shape index (κ3) is 2.32. The molecule has 0 unspecified atom stereocenters. The van der Waals surface area contributed by atoms with Crippen LogP contribution in [-0.4, -0.2) is 10.9 Å². The molecule has 1 heterocycles. The van der Waals surface area contributed by atoms with Crippen molar-refractivity contribution >= 4 is 28.8 Å². The van der Waals surface area contributed by atoms with Gasteiger partial charge in [0, 0.05) is 28.7 Å². The van der Waals surface area contributed by atoms with Gasteiger partial charge in [0.05, 0.1) is 5.52 Å². The van der Waals surface area contributed by atoms with Crippen LogP contribution >= 0.6 is 11.6 Å². The van der Waals surface area contributed by atoms with Crippen LogP contribution in [0.4, 0.5) is 4.39 Å². The Balaban J connectivity index is 2.06. The number of benzene rings is 2. The van der Waals surface area contributed by atoms with Gasteiger partial charge in [-0.05, 0) is 35.9 Å². The molecule has 20 heavy (non-hydrogen) atoms. The van der Waals surface area contributed by atoms with Crippen molar-refractivity contribution in [1.29, 1.82) is 0 Å². The maximum absolute atomic E-state index is 13.5. The molecule has 4 heteroatoms. The van der Waals surface area contributed by atoms with E-state index in [-0.39, 0.29) is 0 Å². The normalized spacial score (nSPS) is 10.9. The second-order valence-electron chi connectivity index (χ2n) is 4.62. The first-order valence-corrected chi connectivity index (χ1v) is 6.53. The molecule has 0 amide bonds. The van der Waals surface area contributed by atoms with Crippen LogP contribution in [0.25, 0.3) is 10.9 Å². The minimum atomic E-state index is -0.407. The zero-order valence-electron chi connectivity index (χ0n) is 10.5. The first-order valence-electron chi connectivity index (χ1n) is 6.15. The summed E-state index contributed by atoms with van der Waals surface area (Å²) in [4.78, 5) is 11.0. The molecule has 0 saturated carbocycles. The summed E-state index contributed by atoms with van der Waals surface area (Å²) >= 11 is 5.85. The lowest BCUT2D eigenvalue weighted by atomic mass is 10.1. The Morgan fingerprint density at radius 1 is 1.15 bits per heavy atom. The van der Waals surface area contributed by atoms with Gasteiger partial charge < -0.3 is 4.57 Å². The Morgan fingerprint density at radius 3 is 2.60 bits per heavy atom. The predicted molar refractivity (Wildman–Crippen MR) is 77.8 cm³/mol. The van der Waals surface area contributed by atoms with Crippen molar-refractivity contribution in [3.8, 4) is 0 Å². The van der Waals surface area contributed by atoms with Crippen LogP contribution in [-0.2, 0) is 6.54 Å². The van der Waals surface area contributed by atoms with Gasteiger partial charge >= 0.3 is 0 Å². The Morgan fingerprint density at radius 2 is 1.90 bits per heavy atom. The number of fused-ring (bicyclic) bond motifs is 1. The van der Waals surface area contributed by atoms with Gasteiger partial charge in [-0.2, -0.15) is 0 Å². The average molecular weight is 288 g/mol. The number of carbonyl (C=O) groups is 1. The number of halogens is 2. The third-order valence-electron chi connectivity index (χ3n) is 3.28. The molecule has 0 fully saturated rings. The number of aromatic nitrogens is 1. The number of aldehydes is 1. The summed E-state index contributed by atoms with van der Waals surface area (Å²) in [5, 5.41) is 1.44. The SMILES string of the molecule is O=Cc1cc(F)cc2c1ccn2Cc1ccc(Cl)cc1. The second kappa shape index (κ2) is 5.10. The van der Waals surface area contributed by atoms with Crippen LogP contribution in [0.1, 0.15) is 15.9 Å². The maximum atomic E-state index is 13.5. The smallest absolute Gasteiger partial charge is 0.150 e. The maximum Gasteiger partial charge on any atom is 0.150 e. The highest BCUT2D eigenvalue weighted by Crippen LogP contribution is 2.22. The molecule has 0 N–H and O–H groups in total. The number of hydrogen-bond donors (Lipinski definition) is 0. The summed E-state index contributed by atoms with van der Waals surface area (Å²) in [7, 11) is 0. The first-order chi connectivity index (χ1) is 9.67. The van der Waals surface area contributed by atoms with Crippen molar-refractivity contribution in [2.45, 2.75) is 6.54 Å². The molecule has 100 valence electrons. The van der Waals surface area contributed by atoms with Gasteiger partial charge in [-0.3, -0.25) is 4.79 Å². The van der Waals surface area contributed by atoms with Gasteiger partial charge in [-0.15, -0.1) is 0 Å². The molecule has 0 spiro atoms. The highest BCUT2D eigenvalue weighted by atomic mass is 35.5. The fourth-order valence-corrected chi connectivity index (χ4v) is 2.44. The van der Waals surface area contributed by atoms with E-state index in [0.717, 1.165) is 10.9 Å². The molecule has 0 aliphatic heterocycles. The minimum Gasteiger partial charge on any atom is -0.343 e. The number of hydrogen-bond acceptors (Lipinski definition) is 1. The van der Waals surface area contributed by atoms with E-state index >= 15 is 0 Å². The van der Waals surface area contributed by atoms with Gasteiger partial charge in [0.15, 0.2) is 6.29 Å². The van der Waals surface area contributed by atoms with Crippen LogP contribution < -0.4 is 0 Å². The Bertz CT molecular complexity index is 777. The summed E-state index contributed by atoms with van der Waals surface area (Å²) in [6.45, 7) is 0.600. The second-order valence-corrected chi connectivity index (χ2v) is 5.05. The molecule has 2 nitrogen and oxygen atoms in total. The van der Waals surface area contributed by atoms with E-state index < -0.39 is 5.82 Å². The fraction of sp³-hybridized carbons (Fsp3) is 0.0625. The summed E-state index contributed by atoms with van der Waals surface area (Å²) < 4.78 is 15.5. The highest BCUT2D eigenvalue weighted by molar-refractivity contribution is 6.30. The molecular formula is C16H11ClFNO. The molecule has 0 aliphatic rings. The molecule has 3 aromatic rings. The van der Waals surface area contributed by atoms with Gasteiger partial charge in [-0.25, -0.2) is 4.39 Å². The lowest BCUT2D eigenvalue weighted by molar-refractivity contribution is 0.112. The molecule has 1 aromatic heterocycles. The van der Waals surface area contributed by atoms with Crippen LogP contribution in [0.5, 0.6) is 0 Å². The van der Waals surface area contributed by atoms with Gasteiger partial charge in [-0.1, -0.05) is 23.7 Å². The Kier molecular flexibility index (Phi) is 3.28. The first kappa shape index (κ1) is 12.9. The van der Waals surface area contributed by atoms with Crippen LogP contribution in [0, 0.1) is 5.82 Å². The molecule has 0 aliphatic carbocycles. The van der Waals surface area contributed by atoms with Crippen molar-refractivity contribution in [2.75, 3.05) is 0 Å². The third-order valence-corrected chi connectivity index (χ3v) is 3.53. The summed E-state index contributed by atoms with van der Waals surface area (Å²) in [6.07, 6.45) is 2.53. The van der Waals surface area contributed by atoms with E-state index in [4.69, 9.17) is 11.6 Å². The lowest BCUT2D eigenvalue weighted by Crippen LogP contribution is -1.98. The zero-order valence-corrected chi connectivity index (χ0v) is 11.3. The van der Waals surface area contributed by atoms with Crippen LogP contribution in [0.2, 0.25) is 5.02 Å². The largest absolute Gasteiger partial charge is 0.343 e. The molecule has 0 saturated heterocycles. The molecule has 0 atom stereocenters. The molecule has 0 radical (unpaired) electrons. The average Bonchev–Trinajstić information content (AvgIpc) is 2.83. The summed E-state index contributed by atoms with van der Waals surface area (Å²) in [5.74, 6) is -0.407. The fourth-order valence-electron chi connectivity index (χ4n) is 2.31. The van der Waals surface area contributed by atoms with Gasteiger partial charge in [0.1, 0.15) is 5.82 Å². The monoisotopic (exact) mass is 287 g/mol. The van der Waals surface area contributed by atoms with Crippen LogP contribution in [0.15, 0.2) is 48.7 Å². The number of carbonyl (C=O) groups excluding carboxylic acids is 1. The van der Waals surface area contributed by atoms with E-state index in [1.54, 1.807) is 0 Å². The quantitative estimate of drug-likeness (QED) is 0.659. The highest BCUT2D eigenvalue weighted by Gasteiger charge is 2.08. The van der Waals surface area contributed by atoms with Gasteiger partial charge in [0.25, 0.3) is 0 Å². The standard InChI is InChI=1S/C16H11ClFNO/c17-13-3-1-11(2-4-13)9-19-6-5-15-12(10-20)7-14(18)8-16(15)19/h1-8,10H,9H2. The molecular weight excluding hydrogens is 277 g/mol. The van der Waals surface area contributed by atoms with Crippen molar-refractivity contribution in [3.05, 3.63) is 70.6 Å². The van der Waals surface area contributed by atoms with E-state index in [9.17, 15) is 9.18 Å².